The molecule has 126 valence electrons. The van der Waals surface area contributed by atoms with Crippen LogP contribution in [0.1, 0.15) is 22.0 Å². The average Bonchev–Trinajstić information content (AvgIpc) is 3.02. The monoisotopic (exact) mass is 390 g/mol. The van der Waals surface area contributed by atoms with Crippen molar-refractivity contribution in [2.45, 2.75) is 6.04 Å². The third-order valence-electron chi connectivity index (χ3n) is 3.95. The van der Waals surface area contributed by atoms with Gasteiger partial charge in [-0.15, -0.1) is 0 Å². The predicted molar refractivity (Wildman–Crippen MR) is 95.5 cm³/mol. The molecule has 0 unspecified atom stereocenters. The summed E-state index contributed by atoms with van der Waals surface area (Å²) in [6.45, 7) is 0.753. The van der Waals surface area contributed by atoms with Crippen LogP contribution in [-0.4, -0.2) is 38.2 Å². The molecule has 0 aromatic heterocycles. The first-order valence-corrected chi connectivity index (χ1v) is 8.43. The van der Waals surface area contributed by atoms with Crippen molar-refractivity contribution in [1.82, 2.24) is 10.2 Å². The molecule has 1 aliphatic rings. The lowest BCUT2D eigenvalue weighted by Gasteiger charge is -2.25. The minimum Gasteiger partial charge on any atom is -0.454 e. The molecule has 0 aliphatic carbocycles. The number of halogens is 1. The second-order valence-corrected chi connectivity index (χ2v) is 6.73. The van der Waals surface area contributed by atoms with Crippen molar-refractivity contribution in [3.63, 3.8) is 0 Å². The molecule has 1 heterocycles. The van der Waals surface area contributed by atoms with Crippen molar-refractivity contribution in [3.05, 3.63) is 58.1 Å². The highest BCUT2D eigenvalue weighted by Crippen LogP contribution is 2.34. The minimum absolute atomic E-state index is 0.0376. The van der Waals surface area contributed by atoms with Gasteiger partial charge in [-0.3, -0.25) is 4.79 Å². The first-order valence-electron chi connectivity index (χ1n) is 7.64. The fraction of sp³-hybridized carbons (Fsp3) is 0.278. The largest absolute Gasteiger partial charge is 0.454 e. The van der Waals surface area contributed by atoms with Crippen molar-refractivity contribution in [2.24, 2.45) is 0 Å². The van der Waals surface area contributed by atoms with Gasteiger partial charge in [0.05, 0.1) is 6.04 Å². The molecule has 1 atom stereocenters. The SMILES string of the molecule is CN(C)[C@H](CNC(=O)c1cccc(Br)c1)c1ccc2c(c1)OCO2. The molecule has 5 nitrogen and oxygen atoms in total. The van der Waals surface area contributed by atoms with Crippen LogP contribution < -0.4 is 14.8 Å². The quantitative estimate of drug-likeness (QED) is 0.851. The van der Waals surface area contributed by atoms with Gasteiger partial charge in [0, 0.05) is 16.6 Å². The fourth-order valence-corrected chi connectivity index (χ4v) is 3.04. The maximum Gasteiger partial charge on any atom is 0.251 e. The third-order valence-corrected chi connectivity index (χ3v) is 4.44. The van der Waals surface area contributed by atoms with Crippen LogP contribution in [-0.2, 0) is 0 Å². The highest BCUT2D eigenvalue weighted by Gasteiger charge is 2.20. The topological polar surface area (TPSA) is 50.8 Å². The van der Waals surface area contributed by atoms with E-state index < -0.39 is 0 Å². The number of benzene rings is 2. The van der Waals surface area contributed by atoms with E-state index >= 15 is 0 Å². The average molecular weight is 391 g/mol. The van der Waals surface area contributed by atoms with E-state index in [9.17, 15) is 4.79 Å². The van der Waals surface area contributed by atoms with Crippen LogP contribution in [0.25, 0.3) is 0 Å². The number of nitrogens with zero attached hydrogens (tertiary/aromatic N) is 1. The molecular weight excluding hydrogens is 372 g/mol. The normalized spacial score (nSPS) is 13.8. The second kappa shape index (κ2) is 7.23. The Morgan fingerprint density at radius 3 is 2.75 bits per heavy atom. The van der Waals surface area contributed by atoms with E-state index in [1.165, 1.54) is 0 Å². The number of hydrogen-bond donors (Lipinski definition) is 1. The van der Waals surface area contributed by atoms with Gasteiger partial charge in [-0.2, -0.15) is 0 Å². The van der Waals surface area contributed by atoms with Crippen LogP contribution in [0.15, 0.2) is 46.9 Å². The Balaban J connectivity index is 1.72. The van der Waals surface area contributed by atoms with Gasteiger partial charge in [-0.25, -0.2) is 0 Å². The Kier molecular flexibility index (Phi) is 5.06. The minimum atomic E-state index is -0.0936. The van der Waals surface area contributed by atoms with Crippen molar-refractivity contribution < 1.29 is 14.3 Å². The van der Waals surface area contributed by atoms with Crippen LogP contribution in [0.3, 0.4) is 0 Å². The molecule has 2 aromatic carbocycles. The van der Waals surface area contributed by atoms with E-state index in [1.807, 2.05) is 44.4 Å². The lowest BCUT2D eigenvalue weighted by molar-refractivity contribution is 0.0942. The fourth-order valence-electron chi connectivity index (χ4n) is 2.64. The van der Waals surface area contributed by atoms with Crippen molar-refractivity contribution >= 4 is 21.8 Å². The van der Waals surface area contributed by atoms with Gasteiger partial charge in [0.25, 0.3) is 5.91 Å². The van der Waals surface area contributed by atoms with Crippen LogP contribution in [0, 0.1) is 0 Å². The summed E-state index contributed by atoms with van der Waals surface area (Å²) in [7, 11) is 3.97. The number of nitrogens with one attached hydrogen (secondary N) is 1. The Hall–Kier alpha value is -2.05. The molecule has 6 heteroatoms. The number of hydrogen-bond acceptors (Lipinski definition) is 4. The highest BCUT2D eigenvalue weighted by molar-refractivity contribution is 9.10. The summed E-state index contributed by atoms with van der Waals surface area (Å²) in [4.78, 5) is 14.4. The van der Waals surface area contributed by atoms with Crippen LogP contribution >= 0.6 is 15.9 Å². The van der Waals surface area contributed by atoms with Crippen LogP contribution in [0.4, 0.5) is 0 Å². The zero-order chi connectivity index (χ0) is 17.1. The van der Waals surface area contributed by atoms with Gasteiger partial charge in [0.1, 0.15) is 0 Å². The van der Waals surface area contributed by atoms with Gasteiger partial charge in [-0.1, -0.05) is 28.1 Å². The lowest BCUT2D eigenvalue weighted by Crippen LogP contribution is -2.34. The predicted octanol–water partition coefficient (Wildman–Crippen LogP) is 3.21. The third kappa shape index (κ3) is 3.71. The molecule has 1 N–H and O–H groups in total. The molecular formula is C18H19BrN2O3. The van der Waals surface area contributed by atoms with E-state index in [0.29, 0.717) is 12.1 Å². The second-order valence-electron chi connectivity index (χ2n) is 5.81. The Labute approximate surface area is 149 Å². The van der Waals surface area contributed by atoms with Crippen molar-refractivity contribution in [3.8, 4) is 11.5 Å². The van der Waals surface area contributed by atoms with E-state index in [4.69, 9.17) is 9.47 Å². The Morgan fingerprint density at radius 1 is 1.21 bits per heavy atom. The zero-order valence-corrected chi connectivity index (χ0v) is 15.2. The number of carbonyl (C=O) groups is 1. The molecule has 0 saturated heterocycles. The first-order chi connectivity index (χ1) is 11.5. The molecule has 0 spiro atoms. The van der Waals surface area contributed by atoms with Crippen LogP contribution in [0.2, 0.25) is 0 Å². The van der Waals surface area contributed by atoms with E-state index in [1.54, 1.807) is 12.1 Å². The molecule has 1 aliphatic heterocycles. The molecule has 0 radical (unpaired) electrons. The summed E-state index contributed by atoms with van der Waals surface area (Å²) in [5.41, 5.74) is 1.70. The Bertz CT molecular complexity index is 749. The highest BCUT2D eigenvalue weighted by atomic mass is 79.9. The summed E-state index contributed by atoms with van der Waals surface area (Å²) in [6.07, 6.45) is 0. The number of rotatable bonds is 5. The number of likely N-dealkylation sites (N-methyl/N-ethyl adjacent to an activating group) is 1. The number of amides is 1. The molecule has 0 fully saturated rings. The van der Waals surface area contributed by atoms with Gasteiger partial charge in [-0.05, 0) is 50.0 Å². The molecule has 24 heavy (non-hydrogen) atoms. The van der Waals surface area contributed by atoms with E-state index in [2.05, 4.69) is 26.1 Å². The van der Waals surface area contributed by atoms with Crippen molar-refractivity contribution in [2.75, 3.05) is 27.4 Å². The van der Waals surface area contributed by atoms with Gasteiger partial charge < -0.3 is 19.7 Å². The lowest BCUT2D eigenvalue weighted by atomic mass is 10.0. The Morgan fingerprint density at radius 2 is 2.00 bits per heavy atom. The maximum atomic E-state index is 12.3. The molecule has 2 aromatic rings. The molecule has 0 bridgehead atoms. The zero-order valence-electron chi connectivity index (χ0n) is 13.6. The molecule has 3 rings (SSSR count). The molecule has 1 amide bonds. The van der Waals surface area contributed by atoms with E-state index in [-0.39, 0.29) is 18.7 Å². The number of ether oxygens (including phenoxy) is 2. The summed E-state index contributed by atoms with van der Waals surface area (Å²) in [6, 6.07) is 13.3. The first kappa shape index (κ1) is 16.8. The van der Waals surface area contributed by atoms with Gasteiger partial charge >= 0.3 is 0 Å². The smallest absolute Gasteiger partial charge is 0.251 e. The standard InChI is InChI=1S/C18H19BrN2O3/c1-21(2)15(12-6-7-16-17(9-12)24-11-23-16)10-20-18(22)13-4-3-5-14(19)8-13/h3-9,15H,10-11H2,1-2H3,(H,20,22)/t15-/m1/s1. The van der Waals surface area contributed by atoms with Crippen LogP contribution in [0.5, 0.6) is 11.5 Å². The van der Waals surface area contributed by atoms with Gasteiger partial charge in [0.15, 0.2) is 11.5 Å². The number of fused-ring (bicyclic) bond motifs is 1. The molecule has 0 saturated carbocycles. The number of carbonyl (C=O) groups excluding carboxylic acids is 1. The summed E-state index contributed by atoms with van der Waals surface area (Å²) >= 11 is 3.39. The van der Waals surface area contributed by atoms with Crippen molar-refractivity contribution in [1.29, 1.82) is 0 Å². The van der Waals surface area contributed by atoms with Gasteiger partial charge in [0.2, 0.25) is 6.79 Å². The van der Waals surface area contributed by atoms with E-state index in [0.717, 1.165) is 21.5 Å². The summed E-state index contributed by atoms with van der Waals surface area (Å²) in [5.74, 6) is 1.41. The summed E-state index contributed by atoms with van der Waals surface area (Å²) in [5, 5.41) is 3.00. The maximum absolute atomic E-state index is 12.3. The summed E-state index contributed by atoms with van der Waals surface area (Å²) < 4.78 is 11.7.